The van der Waals surface area contributed by atoms with E-state index < -0.39 is 10.0 Å². The fraction of sp³-hybridized carbons (Fsp3) is 0.316. The van der Waals surface area contributed by atoms with Crippen molar-refractivity contribution in [2.45, 2.75) is 25.2 Å². The van der Waals surface area contributed by atoms with Gasteiger partial charge in [0.05, 0.1) is 19.1 Å². The fourth-order valence-electron chi connectivity index (χ4n) is 3.24. The highest BCUT2D eigenvalue weighted by molar-refractivity contribution is 7.93. The second-order valence-corrected chi connectivity index (χ2v) is 8.02. The van der Waals surface area contributed by atoms with Crippen LogP contribution >= 0.6 is 0 Å². The first-order valence-corrected chi connectivity index (χ1v) is 9.63. The molecule has 0 fully saturated rings. The summed E-state index contributed by atoms with van der Waals surface area (Å²) < 4.78 is 38.7. The average molecular weight is 375 g/mol. The maximum Gasteiger partial charge on any atom is 0.264 e. The highest BCUT2D eigenvalue weighted by Gasteiger charge is 2.35. The molecule has 3 rings (SSSR count). The molecule has 2 aromatic rings. The SMILES string of the molecule is COc1cc(C)c(S(=O)(=O)N2CCC(=O)c3cccc(OC)c32)cc1C. The maximum absolute atomic E-state index is 13.4. The molecule has 7 heteroatoms. The highest BCUT2D eigenvalue weighted by Crippen LogP contribution is 2.40. The topological polar surface area (TPSA) is 72.9 Å². The van der Waals surface area contributed by atoms with Crippen LogP contribution in [0, 0.1) is 13.8 Å². The Morgan fingerprint density at radius 2 is 1.69 bits per heavy atom. The van der Waals surface area contributed by atoms with E-state index in [0.717, 1.165) is 5.56 Å². The first-order valence-electron chi connectivity index (χ1n) is 8.19. The van der Waals surface area contributed by atoms with Gasteiger partial charge in [-0.05, 0) is 49.2 Å². The van der Waals surface area contributed by atoms with Gasteiger partial charge in [0.1, 0.15) is 17.2 Å². The number of Topliss-reactive ketones (excluding diaryl/α,β-unsaturated/α-hetero) is 1. The van der Waals surface area contributed by atoms with Crippen LogP contribution in [0.3, 0.4) is 0 Å². The van der Waals surface area contributed by atoms with Crippen molar-refractivity contribution >= 4 is 21.5 Å². The Labute approximate surface area is 153 Å². The van der Waals surface area contributed by atoms with Gasteiger partial charge in [0, 0.05) is 18.5 Å². The van der Waals surface area contributed by atoms with Gasteiger partial charge in [-0.1, -0.05) is 6.07 Å². The van der Waals surface area contributed by atoms with Crippen LogP contribution in [0.5, 0.6) is 11.5 Å². The van der Waals surface area contributed by atoms with E-state index >= 15 is 0 Å². The fourth-order valence-corrected chi connectivity index (χ4v) is 5.03. The number of hydrogen-bond donors (Lipinski definition) is 0. The molecule has 0 radical (unpaired) electrons. The number of anilines is 1. The van der Waals surface area contributed by atoms with E-state index in [9.17, 15) is 13.2 Å². The minimum atomic E-state index is -3.86. The summed E-state index contributed by atoms with van der Waals surface area (Å²) in [6.07, 6.45) is 0.133. The number of carbonyl (C=O) groups is 1. The third-order valence-electron chi connectivity index (χ3n) is 4.57. The van der Waals surface area contributed by atoms with Crippen LogP contribution < -0.4 is 13.8 Å². The van der Waals surface area contributed by atoms with E-state index in [1.807, 2.05) is 0 Å². The van der Waals surface area contributed by atoms with Gasteiger partial charge in [-0.25, -0.2) is 8.42 Å². The molecule has 2 aromatic carbocycles. The van der Waals surface area contributed by atoms with Gasteiger partial charge in [0.25, 0.3) is 10.0 Å². The first kappa shape index (κ1) is 18.3. The van der Waals surface area contributed by atoms with E-state index in [1.165, 1.54) is 11.4 Å². The Hall–Kier alpha value is -2.54. The zero-order valence-electron chi connectivity index (χ0n) is 15.2. The first-order chi connectivity index (χ1) is 12.3. The monoisotopic (exact) mass is 375 g/mol. The number of fused-ring (bicyclic) bond motifs is 1. The minimum absolute atomic E-state index is 0.0824. The van der Waals surface area contributed by atoms with Crippen molar-refractivity contribution in [1.82, 2.24) is 0 Å². The Balaban J connectivity index is 2.21. The van der Waals surface area contributed by atoms with Crippen molar-refractivity contribution in [3.05, 3.63) is 47.0 Å². The van der Waals surface area contributed by atoms with Crippen LogP contribution in [0.4, 0.5) is 5.69 Å². The van der Waals surface area contributed by atoms with Gasteiger partial charge < -0.3 is 9.47 Å². The number of hydrogen-bond acceptors (Lipinski definition) is 5. The molecule has 138 valence electrons. The molecule has 1 heterocycles. The molecule has 6 nitrogen and oxygen atoms in total. The number of sulfonamides is 1. The molecule has 0 atom stereocenters. The van der Waals surface area contributed by atoms with E-state index in [0.29, 0.717) is 28.3 Å². The van der Waals surface area contributed by atoms with Crippen LogP contribution in [-0.4, -0.2) is 35.0 Å². The van der Waals surface area contributed by atoms with Gasteiger partial charge in [-0.15, -0.1) is 0 Å². The molecule has 0 aliphatic carbocycles. The quantitative estimate of drug-likeness (QED) is 0.821. The van der Waals surface area contributed by atoms with Crippen molar-refractivity contribution in [2.75, 3.05) is 25.1 Å². The van der Waals surface area contributed by atoms with Crippen LogP contribution in [0.25, 0.3) is 0 Å². The number of aryl methyl sites for hydroxylation is 2. The van der Waals surface area contributed by atoms with Crippen molar-refractivity contribution < 1.29 is 22.7 Å². The molecule has 0 saturated carbocycles. The van der Waals surface area contributed by atoms with Crippen molar-refractivity contribution in [2.24, 2.45) is 0 Å². The predicted octanol–water partition coefficient (Wildman–Crippen LogP) is 3.10. The molecular weight excluding hydrogens is 354 g/mol. The molecule has 0 N–H and O–H groups in total. The summed E-state index contributed by atoms with van der Waals surface area (Å²) in [6, 6.07) is 8.30. The average Bonchev–Trinajstić information content (AvgIpc) is 2.62. The lowest BCUT2D eigenvalue weighted by Crippen LogP contribution is -2.38. The lowest BCUT2D eigenvalue weighted by molar-refractivity contribution is 0.0981. The Morgan fingerprint density at radius 3 is 2.35 bits per heavy atom. The number of nitrogens with zero attached hydrogens (tertiary/aromatic N) is 1. The third kappa shape index (κ3) is 2.82. The normalized spacial score (nSPS) is 14.2. The van der Waals surface area contributed by atoms with Crippen LogP contribution in [0.2, 0.25) is 0 Å². The summed E-state index contributed by atoms with van der Waals surface area (Å²) in [7, 11) is -0.855. The molecule has 0 amide bonds. The summed E-state index contributed by atoms with van der Waals surface area (Å²) >= 11 is 0. The number of ketones is 1. The Bertz CT molecular complexity index is 982. The summed E-state index contributed by atoms with van der Waals surface area (Å²) in [5.41, 5.74) is 1.98. The summed E-state index contributed by atoms with van der Waals surface area (Å²) in [6.45, 7) is 3.61. The van der Waals surface area contributed by atoms with Gasteiger partial charge in [-0.2, -0.15) is 0 Å². The zero-order valence-corrected chi connectivity index (χ0v) is 16.0. The third-order valence-corrected chi connectivity index (χ3v) is 6.51. The summed E-state index contributed by atoms with van der Waals surface area (Å²) in [5, 5.41) is 0. The minimum Gasteiger partial charge on any atom is -0.496 e. The van der Waals surface area contributed by atoms with Gasteiger partial charge in [-0.3, -0.25) is 9.10 Å². The Morgan fingerprint density at radius 1 is 1.00 bits per heavy atom. The zero-order chi connectivity index (χ0) is 19.1. The molecule has 0 aromatic heterocycles. The number of carbonyl (C=O) groups excluding carboxylic acids is 1. The number of ether oxygens (including phenoxy) is 2. The lowest BCUT2D eigenvalue weighted by Gasteiger charge is -2.31. The van der Waals surface area contributed by atoms with Crippen molar-refractivity contribution in [3.63, 3.8) is 0 Å². The van der Waals surface area contributed by atoms with Gasteiger partial charge in [0.2, 0.25) is 0 Å². The predicted molar refractivity (Wildman–Crippen MR) is 98.9 cm³/mol. The number of para-hydroxylation sites is 1. The number of benzene rings is 2. The van der Waals surface area contributed by atoms with Crippen LogP contribution in [0.15, 0.2) is 35.2 Å². The smallest absolute Gasteiger partial charge is 0.264 e. The summed E-state index contributed by atoms with van der Waals surface area (Å²) in [4.78, 5) is 12.5. The van der Waals surface area contributed by atoms with Gasteiger partial charge in [0.15, 0.2) is 5.78 Å². The van der Waals surface area contributed by atoms with E-state index in [4.69, 9.17) is 9.47 Å². The second-order valence-electron chi connectivity index (χ2n) is 6.19. The molecule has 0 saturated heterocycles. The van der Waals surface area contributed by atoms with Crippen molar-refractivity contribution in [1.29, 1.82) is 0 Å². The number of rotatable bonds is 4. The molecule has 0 spiro atoms. The molecule has 26 heavy (non-hydrogen) atoms. The standard InChI is InChI=1S/C19H21NO5S/c1-12-11-18(13(2)10-17(12)25-4)26(22,23)20-9-8-15(21)14-6-5-7-16(24-3)19(14)20/h5-7,10-11H,8-9H2,1-4H3. The van der Waals surface area contributed by atoms with Crippen LogP contribution in [-0.2, 0) is 10.0 Å². The van der Waals surface area contributed by atoms with E-state index in [2.05, 4.69) is 0 Å². The highest BCUT2D eigenvalue weighted by atomic mass is 32.2. The Kier molecular flexibility index (Phi) is 4.66. The largest absolute Gasteiger partial charge is 0.496 e. The molecule has 0 bridgehead atoms. The van der Waals surface area contributed by atoms with E-state index in [1.54, 1.807) is 51.3 Å². The summed E-state index contributed by atoms with van der Waals surface area (Å²) in [5.74, 6) is 0.906. The van der Waals surface area contributed by atoms with Crippen molar-refractivity contribution in [3.8, 4) is 11.5 Å². The maximum atomic E-state index is 13.4. The molecule has 1 aliphatic heterocycles. The van der Waals surface area contributed by atoms with Crippen LogP contribution in [0.1, 0.15) is 27.9 Å². The second kappa shape index (κ2) is 6.64. The van der Waals surface area contributed by atoms with Gasteiger partial charge >= 0.3 is 0 Å². The molecular formula is C19H21NO5S. The van der Waals surface area contributed by atoms with E-state index in [-0.39, 0.29) is 23.6 Å². The lowest BCUT2D eigenvalue weighted by atomic mass is 10.0. The molecule has 1 aliphatic rings. The number of methoxy groups -OCH3 is 2. The molecule has 0 unspecified atom stereocenters.